The van der Waals surface area contributed by atoms with Crippen molar-refractivity contribution >= 4 is 33.6 Å². The average molecular weight is 687 g/mol. The standard InChI is InChI=1S/C31H27BrF3N5O3S/c1-41-23-10-4-20(5-11-23)18-39-30(36-37-38-39)28-27(32)17-16-26(31(33,34)35)29(28)44-40(22-8-14-25(43-3)15-9-22)19-21-6-12-24(42-2)13-7-21/h4-17H,18-19H2,1-3H3. The summed E-state index contributed by atoms with van der Waals surface area (Å²) >= 11 is 4.46. The number of aromatic nitrogens is 4. The SMILES string of the molecule is COc1ccc(CN(Sc2c(C(F)(F)F)ccc(Br)c2-c2nnnn2Cc2ccc(OC)cc2)c2ccc(OC)cc2)cc1. The van der Waals surface area contributed by atoms with Crippen LogP contribution in [0.15, 0.2) is 94.3 Å². The van der Waals surface area contributed by atoms with Crippen molar-refractivity contribution < 1.29 is 27.4 Å². The summed E-state index contributed by atoms with van der Waals surface area (Å²) in [4.78, 5) is -0.0537. The van der Waals surface area contributed by atoms with Gasteiger partial charge >= 0.3 is 6.18 Å². The molecule has 5 aromatic rings. The summed E-state index contributed by atoms with van der Waals surface area (Å²) < 4.78 is 63.4. The van der Waals surface area contributed by atoms with Gasteiger partial charge in [-0.1, -0.05) is 24.3 Å². The Balaban J connectivity index is 1.61. The first kappa shape index (κ1) is 31.2. The Bertz CT molecular complexity index is 1700. The third kappa shape index (κ3) is 7.11. The van der Waals surface area contributed by atoms with Gasteiger partial charge in [-0.05, 0) is 110 Å². The molecule has 0 amide bonds. The topological polar surface area (TPSA) is 74.5 Å². The third-order valence-electron chi connectivity index (χ3n) is 6.71. The minimum atomic E-state index is -4.66. The van der Waals surface area contributed by atoms with Crippen molar-refractivity contribution in [2.24, 2.45) is 0 Å². The summed E-state index contributed by atoms with van der Waals surface area (Å²) in [6.45, 7) is 0.508. The number of nitrogens with zero attached hydrogens (tertiary/aromatic N) is 5. The van der Waals surface area contributed by atoms with E-state index < -0.39 is 11.7 Å². The summed E-state index contributed by atoms with van der Waals surface area (Å²) in [5.74, 6) is 2.16. The van der Waals surface area contributed by atoms with Crippen LogP contribution in [-0.4, -0.2) is 41.5 Å². The Morgan fingerprint density at radius 1 is 0.773 bits per heavy atom. The summed E-state index contributed by atoms with van der Waals surface area (Å²) in [6, 6.07) is 24.2. The Kier molecular flexibility index (Phi) is 9.64. The fourth-order valence-electron chi connectivity index (χ4n) is 4.41. The third-order valence-corrected chi connectivity index (χ3v) is 8.53. The number of tetrazole rings is 1. The van der Waals surface area contributed by atoms with E-state index in [1.807, 2.05) is 36.4 Å². The fourth-order valence-corrected chi connectivity index (χ4v) is 6.29. The van der Waals surface area contributed by atoms with Crippen LogP contribution in [0.1, 0.15) is 16.7 Å². The fraction of sp³-hybridized carbons (Fsp3) is 0.194. The van der Waals surface area contributed by atoms with E-state index in [9.17, 15) is 13.2 Å². The van der Waals surface area contributed by atoms with Crippen LogP contribution in [0.25, 0.3) is 11.4 Å². The quantitative estimate of drug-likeness (QED) is 0.130. The monoisotopic (exact) mass is 685 g/mol. The van der Waals surface area contributed by atoms with Crippen LogP contribution in [0, 0.1) is 0 Å². The number of rotatable bonds is 11. The first-order valence-electron chi connectivity index (χ1n) is 13.2. The van der Waals surface area contributed by atoms with Crippen molar-refractivity contribution in [2.75, 3.05) is 25.6 Å². The normalized spacial score (nSPS) is 11.3. The minimum Gasteiger partial charge on any atom is -0.497 e. The van der Waals surface area contributed by atoms with Gasteiger partial charge in [-0.2, -0.15) is 13.2 Å². The van der Waals surface area contributed by atoms with Crippen molar-refractivity contribution in [1.82, 2.24) is 20.2 Å². The van der Waals surface area contributed by atoms with E-state index >= 15 is 0 Å². The average Bonchev–Trinajstić information content (AvgIpc) is 3.48. The lowest BCUT2D eigenvalue weighted by Crippen LogP contribution is -2.17. The van der Waals surface area contributed by atoms with Crippen molar-refractivity contribution in [3.63, 3.8) is 0 Å². The van der Waals surface area contributed by atoms with Crippen LogP contribution in [0.4, 0.5) is 18.9 Å². The molecule has 13 heteroatoms. The van der Waals surface area contributed by atoms with E-state index in [2.05, 4.69) is 31.5 Å². The van der Waals surface area contributed by atoms with E-state index in [0.29, 0.717) is 27.4 Å². The summed E-state index contributed by atoms with van der Waals surface area (Å²) in [5, 5.41) is 12.1. The zero-order valence-corrected chi connectivity index (χ0v) is 26.3. The number of methoxy groups -OCH3 is 3. The van der Waals surface area contributed by atoms with Gasteiger partial charge in [-0.25, -0.2) is 4.68 Å². The second-order valence-electron chi connectivity index (χ2n) is 9.48. The molecule has 0 spiro atoms. The number of hydrogen-bond acceptors (Lipinski definition) is 8. The molecule has 44 heavy (non-hydrogen) atoms. The van der Waals surface area contributed by atoms with E-state index in [-0.39, 0.29) is 29.4 Å². The first-order chi connectivity index (χ1) is 21.2. The number of benzene rings is 4. The van der Waals surface area contributed by atoms with Gasteiger partial charge in [0.1, 0.15) is 17.2 Å². The Labute approximate surface area is 265 Å². The van der Waals surface area contributed by atoms with Gasteiger partial charge in [-0.15, -0.1) is 5.10 Å². The van der Waals surface area contributed by atoms with Crippen LogP contribution in [0.3, 0.4) is 0 Å². The highest BCUT2D eigenvalue weighted by molar-refractivity contribution is 9.10. The van der Waals surface area contributed by atoms with Crippen molar-refractivity contribution in [2.45, 2.75) is 24.2 Å². The lowest BCUT2D eigenvalue weighted by molar-refractivity contribution is -0.139. The minimum absolute atomic E-state index is 0.0537. The van der Waals surface area contributed by atoms with Gasteiger partial charge in [0.2, 0.25) is 0 Å². The van der Waals surface area contributed by atoms with Gasteiger partial charge in [0.15, 0.2) is 5.82 Å². The van der Waals surface area contributed by atoms with Crippen molar-refractivity contribution in [3.05, 3.63) is 106 Å². The highest BCUT2D eigenvalue weighted by Crippen LogP contribution is 2.47. The maximum Gasteiger partial charge on any atom is 0.417 e. The molecular weight excluding hydrogens is 659 g/mol. The molecule has 0 aliphatic rings. The van der Waals surface area contributed by atoms with E-state index in [1.54, 1.807) is 62.0 Å². The second kappa shape index (κ2) is 13.6. The molecule has 4 aromatic carbocycles. The summed E-state index contributed by atoms with van der Waals surface area (Å²) in [5.41, 5.74) is 1.78. The van der Waals surface area contributed by atoms with E-state index in [0.717, 1.165) is 29.1 Å². The molecule has 5 rings (SSSR count). The zero-order valence-electron chi connectivity index (χ0n) is 23.9. The van der Waals surface area contributed by atoms with E-state index in [4.69, 9.17) is 14.2 Å². The molecule has 0 atom stereocenters. The van der Waals surface area contributed by atoms with Gasteiger partial charge in [0, 0.05) is 10.2 Å². The molecule has 0 aliphatic carbocycles. The lowest BCUT2D eigenvalue weighted by atomic mass is 10.1. The molecule has 0 saturated heterocycles. The van der Waals surface area contributed by atoms with Crippen LogP contribution in [-0.2, 0) is 19.3 Å². The van der Waals surface area contributed by atoms with Crippen LogP contribution in [0.2, 0.25) is 0 Å². The van der Waals surface area contributed by atoms with Gasteiger partial charge in [-0.3, -0.25) is 0 Å². The van der Waals surface area contributed by atoms with E-state index in [1.165, 1.54) is 10.7 Å². The molecule has 0 aliphatic heterocycles. The lowest BCUT2D eigenvalue weighted by Gasteiger charge is -2.27. The molecule has 0 radical (unpaired) electrons. The molecule has 228 valence electrons. The highest BCUT2D eigenvalue weighted by Gasteiger charge is 2.37. The largest absolute Gasteiger partial charge is 0.497 e. The second-order valence-corrected chi connectivity index (χ2v) is 11.4. The van der Waals surface area contributed by atoms with Gasteiger partial charge in [0.25, 0.3) is 0 Å². The van der Waals surface area contributed by atoms with Gasteiger partial charge < -0.3 is 18.5 Å². The smallest absolute Gasteiger partial charge is 0.417 e. The first-order valence-corrected chi connectivity index (χ1v) is 14.8. The number of anilines is 1. The Hall–Kier alpha value is -4.23. The highest BCUT2D eigenvalue weighted by atomic mass is 79.9. The number of alkyl halides is 3. The summed E-state index contributed by atoms with van der Waals surface area (Å²) in [6.07, 6.45) is -4.66. The maximum absolute atomic E-state index is 14.6. The Morgan fingerprint density at radius 3 is 1.86 bits per heavy atom. The molecule has 0 fully saturated rings. The molecule has 8 nitrogen and oxygen atoms in total. The maximum atomic E-state index is 14.6. The van der Waals surface area contributed by atoms with Crippen molar-refractivity contribution in [3.8, 4) is 28.6 Å². The zero-order chi connectivity index (χ0) is 31.3. The molecule has 0 saturated carbocycles. The number of hydrogen-bond donors (Lipinski definition) is 0. The van der Waals surface area contributed by atoms with Crippen LogP contribution in [0.5, 0.6) is 17.2 Å². The molecular formula is C31H27BrF3N5O3S. The number of halogens is 4. The number of ether oxygens (including phenoxy) is 3. The predicted molar refractivity (Wildman–Crippen MR) is 166 cm³/mol. The predicted octanol–water partition coefficient (Wildman–Crippen LogP) is 7.91. The Morgan fingerprint density at radius 2 is 1.32 bits per heavy atom. The summed E-state index contributed by atoms with van der Waals surface area (Å²) in [7, 11) is 4.70. The molecule has 0 bridgehead atoms. The molecule has 1 heterocycles. The molecule has 1 aromatic heterocycles. The van der Waals surface area contributed by atoms with Gasteiger partial charge in [0.05, 0.1) is 50.4 Å². The molecule has 0 N–H and O–H groups in total. The van der Waals surface area contributed by atoms with Crippen LogP contribution >= 0.6 is 27.9 Å². The van der Waals surface area contributed by atoms with Crippen molar-refractivity contribution in [1.29, 1.82) is 0 Å². The van der Waals surface area contributed by atoms with Crippen LogP contribution < -0.4 is 18.5 Å². The molecule has 0 unspecified atom stereocenters.